The van der Waals surface area contributed by atoms with Gasteiger partial charge in [-0.05, 0) is 67.7 Å². The van der Waals surface area contributed by atoms with Gasteiger partial charge in [0.15, 0.2) is 11.5 Å². The number of amides is 1. The SMILES string of the molecule is CSCCC(NC(=O)c1ccc(C)c(C)c1)c1nnc2ccccn12. The van der Waals surface area contributed by atoms with Crippen molar-refractivity contribution in [3.05, 3.63) is 65.1 Å². The van der Waals surface area contributed by atoms with Crippen LogP contribution in [0.15, 0.2) is 42.6 Å². The predicted molar refractivity (Wildman–Crippen MR) is 102 cm³/mol. The minimum atomic E-state index is -0.182. The molecule has 0 aliphatic heterocycles. The number of fused-ring (bicyclic) bond motifs is 1. The number of hydrogen-bond donors (Lipinski definition) is 1. The van der Waals surface area contributed by atoms with Crippen LogP contribution in [0.2, 0.25) is 0 Å². The topological polar surface area (TPSA) is 59.3 Å². The third-order valence-electron chi connectivity index (χ3n) is 4.34. The highest BCUT2D eigenvalue weighted by molar-refractivity contribution is 7.98. The van der Waals surface area contributed by atoms with Gasteiger partial charge in [0.2, 0.25) is 0 Å². The number of aryl methyl sites for hydroxylation is 2. The lowest BCUT2D eigenvalue weighted by atomic mass is 10.1. The van der Waals surface area contributed by atoms with Crippen LogP contribution in [0.5, 0.6) is 0 Å². The summed E-state index contributed by atoms with van der Waals surface area (Å²) >= 11 is 1.75. The Morgan fingerprint density at radius 2 is 2.04 bits per heavy atom. The van der Waals surface area contributed by atoms with Crippen molar-refractivity contribution in [2.45, 2.75) is 26.3 Å². The number of aromatic nitrogens is 3. The Morgan fingerprint density at radius 3 is 2.80 bits per heavy atom. The summed E-state index contributed by atoms with van der Waals surface area (Å²) in [6.45, 7) is 4.06. The number of nitrogens with zero attached hydrogens (tertiary/aromatic N) is 3. The van der Waals surface area contributed by atoms with Gasteiger partial charge in [0, 0.05) is 11.8 Å². The summed E-state index contributed by atoms with van der Waals surface area (Å²) in [7, 11) is 0. The standard InChI is InChI=1S/C19H22N4OS/c1-13-7-8-15(12-14(13)2)19(24)20-16(9-11-25-3)18-22-21-17-6-4-5-10-23(17)18/h4-8,10,12,16H,9,11H2,1-3H3,(H,20,24). The van der Waals surface area contributed by atoms with Crippen LogP contribution in [0.1, 0.15) is 39.8 Å². The summed E-state index contributed by atoms with van der Waals surface area (Å²) in [6.07, 6.45) is 4.79. The Balaban J connectivity index is 1.88. The van der Waals surface area contributed by atoms with Crippen molar-refractivity contribution in [1.29, 1.82) is 0 Å². The van der Waals surface area contributed by atoms with Gasteiger partial charge in [-0.2, -0.15) is 11.8 Å². The van der Waals surface area contributed by atoms with Gasteiger partial charge in [-0.25, -0.2) is 0 Å². The molecule has 25 heavy (non-hydrogen) atoms. The molecule has 0 saturated carbocycles. The van der Waals surface area contributed by atoms with Gasteiger partial charge in [-0.3, -0.25) is 9.20 Å². The molecule has 0 aliphatic carbocycles. The van der Waals surface area contributed by atoms with Crippen LogP contribution < -0.4 is 5.32 Å². The maximum absolute atomic E-state index is 12.7. The molecule has 1 atom stereocenters. The van der Waals surface area contributed by atoms with E-state index >= 15 is 0 Å². The van der Waals surface area contributed by atoms with E-state index in [4.69, 9.17) is 0 Å². The lowest BCUT2D eigenvalue weighted by Gasteiger charge is -2.17. The summed E-state index contributed by atoms with van der Waals surface area (Å²) in [6, 6.07) is 11.4. The van der Waals surface area contributed by atoms with Crippen molar-refractivity contribution in [2.75, 3.05) is 12.0 Å². The van der Waals surface area contributed by atoms with Gasteiger partial charge in [-0.1, -0.05) is 12.1 Å². The highest BCUT2D eigenvalue weighted by Crippen LogP contribution is 2.19. The fourth-order valence-corrected chi connectivity index (χ4v) is 3.19. The van der Waals surface area contributed by atoms with Crippen molar-refractivity contribution >= 4 is 23.3 Å². The number of pyridine rings is 1. The molecule has 130 valence electrons. The molecule has 1 amide bonds. The lowest BCUT2D eigenvalue weighted by molar-refractivity contribution is 0.0933. The van der Waals surface area contributed by atoms with Crippen LogP contribution in [-0.4, -0.2) is 32.5 Å². The molecule has 3 rings (SSSR count). The number of hydrogen-bond acceptors (Lipinski definition) is 4. The Bertz CT molecular complexity index is 890. The molecule has 1 N–H and O–H groups in total. The predicted octanol–water partition coefficient (Wildman–Crippen LogP) is 3.57. The van der Waals surface area contributed by atoms with Crippen molar-refractivity contribution < 1.29 is 4.79 Å². The van der Waals surface area contributed by atoms with Crippen LogP contribution in [0.25, 0.3) is 5.65 Å². The summed E-state index contributed by atoms with van der Waals surface area (Å²) < 4.78 is 1.94. The second-order valence-corrected chi connectivity index (χ2v) is 7.08. The highest BCUT2D eigenvalue weighted by Gasteiger charge is 2.21. The van der Waals surface area contributed by atoms with E-state index in [-0.39, 0.29) is 11.9 Å². The molecular weight excluding hydrogens is 332 g/mol. The summed E-state index contributed by atoms with van der Waals surface area (Å²) in [5.41, 5.74) is 3.75. The quantitative estimate of drug-likeness (QED) is 0.735. The molecule has 1 aromatic carbocycles. The molecule has 0 aliphatic rings. The number of carbonyl (C=O) groups excluding carboxylic acids is 1. The van der Waals surface area contributed by atoms with E-state index in [1.165, 1.54) is 5.56 Å². The number of benzene rings is 1. The molecule has 2 heterocycles. The fraction of sp³-hybridized carbons (Fsp3) is 0.316. The third kappa shape index (κ3) is 3.85. The van der Waals surface area contributed by atoms with Gasteiger partial charge in [0.1, 0.15) is 0 Å². The zero-order valence-electron chi connectivity index (χ0n) is 14.7. The molecule has 1 unspecified atom stereocenters. The minimum Gasteiger partial charge on any atom is -0.342 e. The largest absolute Gasteiger partial charge is 0.342 e. The third-order valence-corrected chi connectivity index (χ3v) is 4.98. The van der Waals surface area contributed by atoms with E-state index in [1.807, 2.05) is 60.8 Å². The van der Waals surface area contributed by atoms with E-state index in [1.54, 1.807) is 11.8 Å². The van der Waals surface area contributed by atoms with Crippen LogP contribution in [0.3, 0.4) is 0 Å². The van der Waals surface area contributed by atoms with Gasteiger partial charge in [0.25, 0.3) is 5.91 Å². The second kappa shape index (κ2) is 7.70. The van der Waals surface area contributed by atoms with Crippen molar-refractivity contribution in [1.82, 2.24) is 19.9 Å². The van der Waals surface area contributed by atoms with Gasteiger partial charge >= 0.3 is 0 Å². The molecule has 0 saturated heterocycles. The molecule has 2 aromatic heterocycles. The molecule has 0 spiro atoms. The van der Waals surface area contributed by atoms with Crippen molar-refractivity contribution in [3.8, 4) is 0 Å². The first-order valence-corrected chi connectivity index (χ1v) is 9.66. The Morgan fingerprint density at radius 1 is 1.20 bits per heavy atom. The normalized spacial score (nSPS) is 12.3. The molecular formula is C19H22N4OS. The number of rotatable bonds is 6. The van der Waals surface area contributed by atoms with Crippen LogP contribution in [-0.2, 0) is 0 Å². The maximum atomic E-state index is 12.7. The number of nitrogens with one attached hydrogen (secondary N) is 1. The maximum Gasteiger partial charge on any atom is 0.251 e. The smallest absolute Gasteiger partial charge is 0.251 e. The van der Waals surface area contributed by atoms with Crippen LogP contribution >= 0.6 is 11.8 Å². The molecule has 0 bridgehead atoms. The van der Waals surface area contributed by atoms with E-state index in [0.29, 0.717) is 5.56 Å². The Labute approximate surface area is 151 Å². The Hall–Kier alpha value is -2.34. The van der Waals surface area contributed by atoms with Gasteiger partial charge < -0.3 is 5.32 Å². The van der Waals surface area contributed by atoms with Crippen LogP contribution in [0.4, 0.5) is 0 Å². The van der Waals surface area contributed by atoms with Gasteiger partial charge in [0.05, 0.1) is 6.04 Å². The zero-order valence-corrected chi connectivity index (χ0v) is 15.5. The van der Waals surface area contributed by atoms with E-state index < -0.39 is 0 Å². The molecule has 6 heteroatoms. The molecule has 0 radical (unpaired) electrons. The molecule has 3 aromatic rings. The van der Waals surface area contributed by atoms with E-state index in [0.717, 1.165) is 29.2 Å². The summed E-state index contributed by atoms with van der Waals surface area (Å²) in [5, 5.41) is 11.7. The lowest BCUT2D eigenvalue weighted by Crippen LogP contribution is -2.30. The second-order valence-electron chi connectivity index (χ2n) is 6.09. The highest BCUT2D eigenvalue weighted by atomic mass is 32.2. The van der Waals surface area contributed by atoms with Crippen molar-refractivity contribution in [2.24, 2.45) is 0 Å². The monoisotopic (exact) mass is 354 g/mol. The van der Waals surface area contributed by atoms with Crippen molar-refractivity contribution in [3.63, 3.8) is 0 Å². The first-order chi connectivity index (χ1) is 12.1. The number of thioether (sulfide) groups is 1. The van der Waals surface area contributed by atoms with Gasteiger partial charge in [-0.15, -0.1) is 10.2 Å². The summed E-state index contributed by atoms with van der Waals surface area (Å²) in [5.74, 6) is 1.61. The molecule has 5 nitrogen and oxygen atoms in total. The summed E-state index contributed by atoms with van der Waals surface area (Å²) in [4.78, 5) is 12.7. The van der Waals surface area contributed by atoms with E-state index in [2.05, 4.69) is 21.8 Å². The average molecular weight is 354 g/mol. The minimum absolute atomic E-state index is 0.0816. The first-order valence-electron chi connectivity index (χ1n) is 8.27. The first kappa shape index (κ1) is 17.5. The van der Waals surface area contributed by atoms with Crippen LogP contribution in [0, 0.1) is 13.8 Å². The average Bonchev–Trinajstić information content (AvgIpc) is 3.05. The van der Waals surface area contributed by atoms with E-state index in [9.17, 15) is 4.79 Å². The molecule has 0 fully saturated rings. The fourth-order valence-electron chi connectivity index (χ4n) is 2.72. The zero-order chi connectivity index (χ0) is 17.8. The Kier molecular flexibility index (Phi) is 5.38. The number of carbonyl (C=O) groups is 1.